The van der Waals surface area contributed by atoms with Gasteiger partial charge in [0.25, 0.3) is 0 Å². The highest BCUT2D eigenvalue weighted by molar-refractivity contribution is 6.30. The van der Waals surface area contributed by atoms with Gasteiger partial charge in [0.2, 0.25) is 0 Å². The van der Waals surface area contributed by atoms with Crippen molar-refractivity contribution in [2.75, 3.05) is 14.7 Å². The Morgan fingerprint density at radius 1 is 0.176 bits per heavy atom. The van der Waals surface area contributed by atoms with Crippen LogP contribution < -0.4 is 14.7 Å². The number of para-hydroxylation sites is 5. The van der Waals surface area contributed by atoms with Crippen molar-refractivity contribution in [1.82, 2.24) is 13.7 Å². The van der Waals surface area contributed by atoms with E-state index in [-0.39, 0.29) is 5.41 Å². The fourth-order valence-corrected chi connectivity index (χ4v) is 22.5. The maximum Gasteiger partial charge on any atom is 0.137 e. The van der Waals surface area contributed by atoms with Crippen molar-refractivity contribution in [3.8, 4) is 50.4 Å². The number of hydrogen-bond donors (Lipinski definition) is 0. The van der Waals surface area contributed by atoms with Gasteiger partial charge in [-0.1, -0.05) is 317 Å². The van der Waals surface area contributed by atoms with E-state index in [9.17, 15) is 0 Å². The van der Waals surface area contributed by atoms with Gasteiger partial charge < -0.3 is 41.7 Å². The summed E-state index contributed by atoms with van der Waals surface area (Å²) in [5.74, 6) is 0. The molecule has 142 heavy (non-hydrogen) atoms. The van der Waals surface area contributed by atoms with Gasteiger partial charge in [-0.3, -0.25) is 0 Å². The highest BCUT2D eigenvalue weighted by atomic mass is 16.3. The van der Waals surface area contributed by atoms with E-state index in [1.54, 1.807) is 0 Å². The third-order valence-corrected chi connectivity index (χ3v) is 28.9. The molecule has 0 saturated heterocycles. The molecule has 0 spiro atoms. The van der Waals surface area contributed by atoms with E-state index in [1.165, 1.54) is 93.1 Å². The summed E-state index contributed by atoms with van der Waals surface area (Å²) < 4.78 is 26.9. The van der Waals surface area contributed by atoms with Crippen LogP contribution in [0.3, 0.4) is 0 Å². The first-order chi connectivity index (χ1) is 70.2. The summed E-state index contributed by atoms with van der Waals surface area (Å²) in [6, 6.07) is 182. The second kappa shape index (κ2) is 33.9. The van der Waals surface area contributed by atoms with Gasteiger partial charge in [0.05, 0.1) is 49.3 Å². The van der Waals surface area contributed by atoms with Crippen LogP contribution in [-0.4, -0.2) is 13.7 Å². The molecular weight excluding hydrogens is 1730 g/mol. The van der Waals surface area contributed by atoms with Crippen molar-refractivity contribution in [3.63, 3.8) is 0 Å². The highest BCUT2D eigenvalue weighted by Crippen LogP contribution is 2.53. The van der Waals surface area contributed by atoms with Gasteiger partial charge in [-0.15, -0.1) is 0 Å². The fraction of sp³-hybridized carbons (Fsp3) is 0.0226. The normalized spacial score (nSPS) is 12.2. The molecule has 9 nitrogen and oxygen atoms in total. The van der Waals surface area contributed by atoms with Gasteiger partial charge in [0, 0.05) is 106 Å². The number of rotatable bonds is 14. The lowest BCUT2D eigenvalue weighted by Crippen LogP contribution is -2.16. The largest absolute Gasteiger partial charge is 0.456 e. The van der Waals surface area contributed by atoms with Crippen LogP contribution in [0.25, 0.3) is 192 Å². The SMILES string of the molecule is CC1(C)c2ccccc2-c2ccc(N(c3ccc(-c4ccccc4)cc3)c3cccc(-n4c5cccc6oc7ccccc7c7cccc4c7c65)c3)cc21.c1ccc(-c2ccc(N(c3ccccc3)c3cccc(-n4c5cccc6oc7ccccc7c7cccc4c7c65)c3)cc2)cc1.c1ccc(N(c2ccc(-n3c4cccc5oc6ccccc6c6cccc3c6c54)cc2)c2ccc3ccccc3c2)cc1. The summed E-state index contributed by atoms with van der Waals surface area (Å²) in [6.07, 6.45) is 0. The van der Waals surface area contributed by atoms with Crippen LogP contribution in [-0.2, 0) is 5.41 Å². The molecule has 1 aliphatic carbocycles. The van der Waals surface area contributed by atoms with E-state index in [4.69, 9.17) is 13.3 Å². The van der Waals surface area contributed by atoms with Crippen molar-refractivity contribution >= 4 is 193 Å². The first-order valence-electron chi connectivity index (χ1n) is 48.6. The van der Waals surface area contributed by atoms with Crippen LogP contribution in [0.4, 0.5) is 51.2 Å². The molecule has 0 amide bonds. The average molecular weight is 1820 g/mol. The first-order valence-corrected chi connectivity index (χ1v) is 48.6. The standard InChI is InChI=1S/C51H36N2O.C42H28N2O.C40H26N2O/c1-51(2)43-20-8-6-17-39(43)40-30-29-38(32-44(40)51)52(35-27-25-34(26-28-35)33-13-4-3-5-14-33)36-15-10-16-37(31-36)53-45-21-11-19-42-41-18-7-9-23-47(41)54-48-24-12-22-46(53)50(48)49(42)45;1-3-12-29(13-4-1)30-24-26-32(27-25-30)43(31-14-5-2-6-15-31)33-16-9-17-34(28-33)44-37-20-10-19-36-35-18-7-8-22-39(35)45-40-23-11-21-38(44)42(40)41(36)37;1-2-12-29(13-3-1)41(32-21-20-27-10-4-5-11-28(27)26-32)30-22-24-31(25-23-30)42-35-16-8-15-34-33-14-6-7-18-37(33)43-38-19-9-17-36(42)40(38)39(34)35/h3-32H,1-2H3;1-28H;1-26H. The Labute approximate surface area is 819 Å². The van der Waals surface area contributed by atoms with E-state index in [0.29, 0.717) is 0 Å². The molecule has 0 bridgehead atoms. The number of hydrogen-bond acceptors (Lipinski definition) is 6. The number of anilines is 9. The summed E-state index contributed by atoms with van der Waals surface area (Å²) in [6.45, 7) is 4.70. The van der Waals surface area contributed by atoms with E-state index >= 15 is 0 Å². The molecule has 29 rings (SSSR count). The fourth-order valence-electron chi connectivity index (χ4n) is 22.5. The van der Waals surface area contributed by atoms with Crippen molar-refractivity contribution in [1.29, 1.82) is 0 Å². The molecular formula is C133H90N6O3. The van der Waals surface area contributed by atoms with Crippen LogP contribution in [0.1, 0.15) is 25.0 Å². The van der Waals surface area contributed by atoms with Crippen molar-refractivity contribution in [2.45, 2.75) is 19.3 Å². The maximum absolute atomic E-state index is 6.64. The lowest BCUT2D eigenvalue weighted by atomic mass is 9.82. The molecule has 6 aromatic heterocycles. The van der Waals surface area contributed by atoms with Crippen LogP contribution in [0.5, 0.6) is 0 Å². The summed E-state index contributed by atoms with van der Waals surface area (Å²) in [4.78, 5) is 7.05. The Morgan fingerprint density at radius 3 is 0.915 bits per heavy atom. The van der Waals surface area contributed by atoms with Gasteiger partial charge in [-0.2, -0.15) is 0 Å². The Hall–Kier alpha value is -18.7. The smallest absolute Gasteiger partial charge is 0.137 e. The van der Waals surface area contributed by atoms with Gasteiger partial charge >= 0.3 is 0 Å². The molecule has 0 unspecified atom stereocenters. The van der Waals surface area contributed by atoms with Gasteiger partial charge in [-0.05, 0) is 278 Å². The Balaban J connectivity index is 0.000000107. The van der Waals surface area contributed by atoms with E-state index in [2.05, 4.69) is 534 Å². The molecule has 0 fully saturated rings. The summed E-state index contributed by atoms with van der Waals surface area (Å²) in [7, 11) is 0. The molecule has 6 heterocycles. The van der Waals surface area contributed by atoms with Gasteiger partial charge in [-0.25, -0.2) is 0 Å². The number of nitrogens with zero attached hydrogens (tertiary/aromatic N) is 6. The second-order valence-corrected chi connectivity index (χ2v) is 37.3. The van der Waals surface area contributed by atoms with Crippen LogP contribution in [0.2, 0.25) is 0 Å². The topological polar surface area (TPSA) is 63.9 Å². The quantitative estimate of drug-likeness (QED) is 0.108. The van der Waals surface area contributed by atoms with E-state index < -0.39 is 0 Å². The van der Waals surface area contributed by atoms with Crippen molar-refractivity contribution in [3.05, 3.63) is 521 Å². The van der Waals surface area contributed by atoms with Crippen molar-refractivity contribution < 1.29 is 13.3 Å². The minimum Gasteiger partial charge on any atom is -0.456 e. The highest BCUT2D eigenvalue weighted by Gasteiger charge is 2.37. The summed E-state index contributed by atoms with van der Waals surface area (Å²) in [5, 5.41) is 16.5. The summed E-state index contributed by atoms with van der Waals surface area (Å²) >= 11 is 0. The van der Waals surface area contributed by atoms with Crippen LogP contribution >= 0.6 is 0 Å². The van der Waals surface area contributed by atoms with Crippen LogP contribution in [0.15, 0.2) is 523 Å². The average Bonchev–Trinajstić information content (AvgIpc) is 1.57. The molecule has 670 valence electrons. The minimum absolute atomic E-state index is 0.114. The molecule has 0 radical (unpaired) electrons. The molecule has 0 aliphatic heterocycles. The first kappa shape index (κ1) is 82.7. The van der Waals surface area contributed by atoms with Gasteiger partial charge in [0.1, 0.15) is 33.5 Å². The third-order valence-electron chi connectivity index (χ3n) is 28.9. The Morgan fingerprint density at radius 2 is 0.465 bits per heavy atom. The lowest BCUT2D eigenvalue weighted by Gasteiger charge is -2.28. The minimum atomic E-state index is -0.114. The zero-order chi connectivity index (χ0) is 94.0. The van der Waals surface area contributed by atoms with E-state index in [1.807, 2.05) is 18.2 Å². The monoisotopic (exact) mass is 1820 g/mol. The zero-order valence-electron chi connectivity index (χ0n) is 77.9. The predicted molar refractivity (Wildman–Crippen MR) is 594 cm³/mol. The molecule has 22 aromatic carbocycles. The Bertz CT molecular complexity index is 9770. The zero-order valence-corrected chi connectivity index (χ0v) is 77.9. The lowest BCUT2D eigenvalue weighted by molar-refractivity contribution is 0.660. The molecule has 0 N–H and O–H groups in total. The molecule has 28 aromatic rings. The summed E-state index contributed by atoms with van der Waals surface area (Å²) in [5.41, 5.74) is 35.5. The number of aromatic nitrogens is 3. The van der Waals surface area contributed by atoms with E-state index in [0.717, 1.165) is 162 Å². The molecule has 0 saturated carbocycles. The predicted octanol–water partition coefficient (Wildman–Crippen LogP) is 37.3. The van der Waals surface area contributed by atoms with Gasteiger partial charge in [0.15, 0.2) is 0 Å². The Kier molecular flexibility index (Phi) is 19.8. The molecule has 0 atom stereocenters. The number of benzene rings is 22. The van der Waals surface area contributed by atoms with Crippen molar-refractivity contribution in [2.24, 2.45) is 0 Å². The molecule has 1 aliphatic rings. The third kappa shape index (κ3) is 13.8. The maximum atomic E-state index is 6.64. The van der Waals surface area contributed by atoms with Crippen LogP contribution in [0, 0.1) is 0 Å². The number of fused-ring (bicyclic) bond motifs is 10. The molecule has 9 heteroatoms. The second-order valence-electron chi connectivity index (χ2n) is 37.3.